The fourth-order valence-corrected chi connectivity index (χ4v) is 2.87. The van der Waals surface area contributed by atoms with Gasteiger partial charge in [0.2, 0.25) is 11.6 Å². The quantitative estimate of drug-likeness (QED) is 0.340. The molecule has 0 heterocycles. The Labute approximate surface area is 76.5 Å². The highest BCUT2D eigenvalue weighted by atomic mass is 16.2. The first-order chi connectivity index (χ1) is 5.97. The number of hydrogen-bond acceptors (Lipinski definition) is 3. The lowest BCUT2D eigenvalue weighted by Crippen LogP contribution is -2.38. The number of Topliss-reactive ketones (excluding diaryl/α,β-unsaturated/α-hetero) is 2. The zero-order chi connectivity index (χ0) is 9.85. The van der Waals surface area contributed by atoms with Crippen LogP contribution in [0.25, 0.3) is 0 Å². The third-order valence-electron chi connectivity index (χ3n) is 3.99. The molecule has 70 valence electrons. The van der Waals surface area contributed by atoms with E-state index >= 15 is 0 Å². The Bertz CT molecular complexity index is 316. The van der Waals surface area contributed by atoms with E-state index in [0.717, 1.165) is 0 Å². The van der Waals surface area contributed by atoms with Crippen molar-refractivity contribution in [3.8, 4) is 0 Å². The minimum absolute atomic E-state index is 0.217. The molecular formula is C10H12O3. The van der Waals surface area contributed by atoms with Gasteiger partial charge in [0.1, 0.15) is 6.29 Å². The molecule has 0 saturated heterocycles. The van der Waals surface area contributed by atoms with E-state index in [2.05, 4.69) is 0 Å². The van der Waals surface area contributed by atoms with Crippen LogP contribution in [0.1, 0.15) is 26.7 Å². The van der Waals surface area contributed by atoms with Crippen LogP contribution in [0.4, 0.5) is 0 Å². The molecule has 0 amide bonds. The smallest absolute Gasteiger partial charge is 0.212 e. The van der Waals surface area contributed by atoms with E-state index in [-0.39, 0.29) is 11.7 Å². The largest absolute Gasteiger partial charge is 0.302 e. The van der Waals surface area contributed by atoms with Gasteiger partial charge in [-0.15, -0.1) is 0 Å². The normalized spacial score (nSPS) is 41.2. The number of fused-ring (bicyclic) bond motifs is 2. The summed E-state index contributed by atoms with van der Waals surface area (Å²) < 4.78 is 0. The van der Waals surface area contributed by atoms with E-state index in [4.69, 9.17) is 0 Å². The predicted molar refractivity (Wildman–Crippen MR) is 45.0 cm³/mol. The molecule has 2 bridgehead atoms. The van der Waals surface area contributed by atoms with Crippen molar-refractivity contribution >= 4 is 17.9 Å². The van der Waals surface area contributed by atoms with Gasteiger partial charge in [0.15, 0.2) is 0 Å². The Kier molecular flexibility index (Phi) is 1.38. The molecule has 2 fully saturated rings. The number of rotatable bonds is 1. The maximum Gasteiger partial charge on any atom is 0.212 e. The number of hydrogen-bond donors (Lipinski definition) is 0. The van der Waals surface area contributed by atoms with Gasteiger partial charge in [0.05, 0.1) is 5.41 Å². The summed E-state index contributed by atoms with van der Waals surface area (Å²) in [6.45, 7) is 3.70. The summed E-state index contributed by atoms with van der Waals surface area (Å²) in [5.41, 5.74) is -1.45. The van der Waals surface area contributed by atoms with Crippen molar-refractivity contribution < 1.29 is 14.4 Å². The number of carbonyl (C=O) groups excluding carboxylic acids is 3. The van der Waals surface area contributed by atoms with Crippen LogP contribution in [0.3, 0.4) is 0 Å². The zero-order valence-corrected chi connectivity index (χ0v) is 7.79. The van der Waals surface area contributed by atoms with Crippen molar-refractivity contribution in [1.29, 1.82) is 0 Å². The molecule has 2 saturated carbocycles. The average Bonchev–Trinajstić information content (AvgIpc) is 2.41. The van der Waals surface area contributed by atoms with Crippen molar-refractivity contribution in [1.82, 2.24) is 0 Å². The Morgan fingerprint density at radius 1 is 1.38 bits per heavy atom. The summed E-state index contributed by atoms with van der Waals surface area (Å²) in [6, 6.07) is 0. The van der Waals surface area contributed by atoms with Crippen molar-refractivity contribution in [3.05, 3.63) is 0 Å². The van der Waals surface area contributed by atoms with Crippen molar-refractivity contribution in [3.63, 3.8) is 0 Å². The Hall–Kier alpha value is -0.990. The fourth-order valence-electron chi connectivity index (χ4n) is 2.87. The van der Waals surface area contributed by atoms with E-state index in [0.29, 0.717) is 19.1 Å². The third kappa shape index (κ3) is 0.653. The molecule has 2 aliphatic carbocycles. The molecule has 3 nitrogen and oxygen atoms in total. The van der Waals surface area contributed by atoms with Gasteiger partial charge in [-0.05, 0) is 18.3 Å². The first-order valence-corrected chi connectivity index (χ1v) is 4.52. The topological polar surface area (TPSA) is 51.2 Å². The van der Waals surface area contributed by atoms with Crippen LogP contribution >= 0.6 is 0 Å². The zero-order valence-electron chi connectivity index (χ0n) is 7.79. The maximum atomic E-state index is 11.6. The minimum Gasteiger partial charge on any atom is -0.302 e. The van der Waals surface area contributed by atoms with Crippen LogP contribution in [0.5, 0.6) is 0 Å². The van der Waals surface area contributed by atoms with Crippen LogP contribution in [0.2, 0.25) is 0 Å². The number of aldehydes is 1. The molecule has 0 aromatic carbocycles. The molecule has 0 aromatic rings. The third-order valence-corrected chi connectivity index (χ3v) is 3.99. The van der Waals surface area contributed by atoms with Gasteiger partial charge in [-0.25, -0.2) is 0 Å². The monoisotopic (exact) mass is 180 g/mol. The number of ketones is 2. The van der Waals surface area contributed by atoms with E-state index in [1.807, 2.05) is 13.8 Å². The Morgan fingerprint density at radius 2 is 2.00 bits per heavy atom. The van der Waals surface area contributed by atoms with E-state index < -0.39 is 16.6 Å². The van der Waals surface area contributed by atoms with E-state index in [1.54, 1.807) is 0 Å². The van der Waals surface area contributed by atoms with Crippen molar-refractivity contribution in [2.24, 2.45) is 16.7 Å². The molecule has 0 aromatic heterocycles. The van der Waals surface area contributed by atoms with Crippen molar-refractivity contribution in [2.75, 3.05) is 0 Å². The highest BCUT2D eigenvalue weighted by Crippen LogP contribution is 2.61. The summed E-state index contributed by atoms with van der Waals surface area (Å²) in [6.07, 6.45) is 1.94. The minimum atomic E-state index is -0.991. The van der Waals surface area contributed by atoms with Gasteiger partial charge in [0.25, 0.3) is 0 Å². The molecule has 2 aliphatic rings. The summed E-state index contributed by atoms with van der Waals surface area (Å²) in [7, 11) is 0. The van der Waals surface area contributed by atoms with Crippen LogP contribution in [0.15, 0.2) is 0 Å². The summed E-state index contributed by atoms with van der Waals surface area (Å²) in [5.74, 6) is -1.00. The summed E-state index contributed by atoms with van der Waals surface area (Å²) >= 11 is 0. The van der Waals surface area contributed by atoms with Crippen molar-refractivity contribution in [2.45, 2.75) is 26.7 Å². The van der Waals surface area contributed by atoms with Gasteiger partial charge >= 0.3 is 0 Å². The average molecular weight is 180 g/mol. The van der Waals surface area contributed by atoms with Crippen LogP contribution in [-0.2, 0) is 14.4 Å². The lowest BCUT2D eigenvalue weighted by atomic mass is 9.70. The first-order valence-electron chi connectivity index (χ1n) is 4.52. The molecule has 13 heavy (non-hydrogen) atoms. The lowest BCUT2D eigenvalue weighted by molar-refractivity contribution is -0.144. The first kappa shape index (κ1) is 8.60. The highest BCUT2D eigenvalue weighted by Gasteiger charge is 2.69. The highest BCUT2D eigenvalue weighted by molar-refractivity contribution is 6.46. The molecule has 3 heteroatoms. The Balaban J connectivity index is 2.62. The standard InChI is InChI=1S/C10H12O3/c1-9(2)6-3-4-10(9,5-11)8(13)7(6)12/h5-6H,3-4H2,1-2H3/t6?,10-/m0/s1. The molecule has 0 radical (unpaired) electrons. The SMILES string of the molecule is CC1(C)C2CC[C@]1(C=O)C(=O)C2=O. The lowest BCUT2D eigenvalue weighted by Gasteiger charge is -2.29. The van der Waals surface area contributed by atoms with Gasteiger partial charge in [-0.2, -0.15) is 0 Å². The van der Waals surface area contributed by atoms with E-state index in [1.165, 1.54) is 0 Å². The predicted octanol–water partition coefficient (Wildman–Crippen LogP) is 0.760. The molecule has 0 aliphatic heterocycles. The molecule has 0 N–H and O–H groups in total. The molecule has 0 spiro atoms. The van der Waals surface area contributed by atoms with Crippen LogP contribution in [0, 0.1) is 16.7 Å². The maximum absolute atomic E-state index is 11.6. The number of carbonyl (C=O) groups is 3. The molecule has 2 rings (SSSR count). The van der Waals surface area contributed by atoms with E-state index in [9.17, 15) is 14.4 Å². The second-order valence-electron chi connectivity index (χ2n) is 4.60. The molecule has 2 atom stereocenters. The second-order valence-corrected chi connectivity index (χ2v) is 4.60. The molecule has 1 unspecified atom stereocenters. The summed E-state index contributed by atoms with van der Waals surface area (Å²) in [5, 5.41) is 0. The fraction of sp³-hybridized carbons (Fsp3) is 0.700. The van der Waals surface area contributed by atoms with Gasteiger partial charge < -0.3 is 4.79 Å². The molecular weight excluding hydrogens is 168 g/mol. The van der Waals surface area contributed by atoms with Gasteiger partial charge in [-0.1, -0.05) is 13.8 Å². The van der Waals surface area contributed by atoms with Gasteiger partial charge in [0, 0.05) is 5.92 Å². The van der Waals surface area contributed by atoms with Gasteiger partial charge in [-0.3, -0.25) is 9.59 Å². The Morgan fingerprint density at radius 3 is 2.31 bits per heavy atom. The van der Waals surface area contributed by atoms with Crippen LogP contribution < -0.4 is 0 Å². The second kappa shape index (κ2) is 2.08. The van der Waals surface area contributed by atoms with Crippen LogP contribution in [-0.4, -0.2) is 17.9 Å². The summed E-state index contributed by atoms with van der Waals surface area (Å²) in [4.78, 5) is 34.0.